The summed E-state index contributed by atoms with van der Waals surface area (Å²) in [6.45, 7) is 4.23. The second kappa shape index (κ2) is 3.44. The number of aromatic nitrogens is 2. The van der Waals surface area contributed by atoms with Crippen molar-refractivity contribution in [3.05, 3.63) is 41.3 Å². The fourth-order valence-corrected chi connectivity index (χ4v) is 2.20. The summed E-state index contributed by atoms with van der Waals surface area (Å²) in [6, 6.07) is 6.45. The SMILES string of the molecule is Cc1ccc(-c2cnc(C3(N)CC3)[nH]2)c(C)c1. The Morgan fingerprint density at radius 2 is 2.06 bits per heavy atom. The van der Waals surface area contributed by atoms with Gasteiger partial charge in [0.1, 0.15) is 5.82 Å². The molecular weight excluding hydrogens is 210 g/mol. The molecule has 0 aliphatic heterocycles. The number of hydrogen-bond donors (Lipinski definition) is 2. The molecule has 0 amide bonds. The molecule has 0 saturated heterocycles. The number of nitrogens with two attached hydrogens (primary N) is 1. The molecule has 0 atom stereocenters. The highest BCUT2D eigenvalue weighted by Gasteiger charge is 2.42. The predicted molar refractivity (Wildman–Crippen MR) is 68.6 cm³/mol. The summed E-state index contributed by atoms with van der Waals surface area (Å²) in [5.41, 5.74) is 10.8. The highest BCUT2D eigenvalue weighted by molar-refractivity contribution is 5.63. The highest BCUT2D eigenvalue weighted by Crippen LogP contribution is 2.41. The molecule has 3 heteroatoms. The molecule has 1 aromatic heterocycles. The van der Waals surface area contributed by atoms with Gasteiger partial charge >= 0.3 is 0 Å². The lowest BCUT2D eigenvalue weighted by molar-refractivity contribution is 0.685. The van der Waals surface area contributed by atoms with E-state index in [9.17, 15) is 0 Å². The quantitative estimate of drug-likeness (QED) is 0.828. The molecule has 0 spiro atoms. The van der Waals surface area contributed by atoms with E-state index >= 15 is 0 Å². The van der Waals surface area contributed by atoms with Gasteiger partial charge < -0.3 is 10.7 Å². The average Bonchev–Trinajstić information content (AvgIpc) is 2.85. The van der Waals surface area contributed by atoms with E-state index in [0.29, 0.717) is 0 Å². The molecule has 0 unspecified atom stereocenters. The number of H-pyrrole nitrogens is 1. The van der Waals surface area contributed by atoms with E-state index in [2.05, 4.69) is 42.0 Å². The van der Waals surface area contributed by atoms with Crippen LogP contribution in [-0.4, -0.2) is 9.97 Å². The average molecular weight is 227 g/mol. The first-order chi connectivity index (χ1) is 8.08. The van der Waals surface area contributed by atoms with Gasteiger partial charge in [-0.15, -0.1) is 0 Å². The summed E-state index contributed by atoms with van der Waals surface area (Å²) in [5, 5.41) is 0. The van der Waals surface area contributed by atoms with Crippen molar-refractivity contribution in [2.24, 2.45) is 5.73 Å². The summed E-state index contributed by atoms with van der Waals surface area (Å²) < 4.78 is 0. The van der Waals surface area contributed by atoms with Crippen molar-refractivity contribution >= 4 is 0 Å². The maximum Gasteiger partial charge on any atom is 0.126 e. The summed E-state index contributed by atoms with van der Waals surface area (Å²) in [6.07, 6.45) is 3.96. The van der Waals surface area contributed by atoms with E-state index in [-0.39, 0.29) is 5.54 Å². The highest BCUT2D eigenvalue weighted by atomic mass is 15.0. The van der Waals surface area contributed by atoms with Crippen LogP contribution < -0.4 is 5.73 Å². The molecule has 1 saturated carbocycles. The summed E-state index contributed by atoms with van der Waals surface area (Å²) in [5.74, 6) is 0.924. The Bertz CT molecular complexity index is 565. The first-order valence-corrected chi connectivity index (χ1v) is 6.00. The molecule has 1 aliphatic rings. The molecule has 0 radical (unpaired) electrons. The summed E-state index contributed by atoms with van der Waals surface area (Å²) in [4.78, 5) is 7.77. The fraction of sp³-hybridized carbons (Fsp3) is 0.357. The van der Waals surface area contributed by atoms with Crippen molar-refractivity contribution in [3.63, 3.8) is 0 Å². The lowest BCUT2D eigenvalue weighted by atomic mass is 10.0. The van der Waals surface area contributed by atoms with Gasteiger partial charge in [0, 0.05) is 5.56 Å². The van der Waals surface area contributed by atoms with Crippen molar-refractivity contribution in [1.29, 1.82) is 0 Å². The maximum absolute atomic E-state index is 6.13. The number of nitrogens with one attached hydrogen (secondary N) is 1. The Hall–Kier alpha value is -1.61. The number of hydrogen-bond acceptors (Lipinski definition) is 2. The topological polar surface area (TPSA) is 54.7 Å². The number of benzene rings is 1. The Morgan fingerprint density at radius 3 is 2.71 bits per heavy atom. The largest absolute Gasteiger partial charge is 0.340 e. The van der Waals surface area contributed by atoms with Gasteiger partial charge in [-0.05, 0) is 32.3 Å². The van der Waals surface area contributed by atoms with Crippen LogP contribution in [0.2, 0.25) is 0 Å². The van der Waals surface area contributed by atoms with Crippen molar-refractivity contribution in [3.8, 4) is 11.3 Å². The van der Waals surface area contributed by atoms with Gasteiger partial charge in [0.25, 0.3) is 0 Å². The van der Waals surface area contributed by atoms with Crippen LogP contribution in [0.15, 0.2) is 24.4 Å². The van der Waals surface area contributed by atoms with Gasteiger partial charge in [0.2, 0.25) is 0 Å². The molecule has 3 rings (SSSR count). The van der Waals surface area contributed by atoms with Crippen LogP contribution in [0.1, 0.15) is 29.8 Å². The Kier molecular flexibility index (Phi) is 2.13. The lowest BCUT2D eigenvalue weighted by Gasteiger charge is -2.05. The second-order valence-corrected chi connectivity index (χ2v) is 5.12. The van der Waals surface area contributed by atoms with E-state index in [0.717, 1.165) is 24.4 Å². The third-order valence-corrected chi connectivity index (χ3v) is 3.51. The van der Waals surface area contributed by atoms with Crippen LogP contribution in [0.3, 0.4) is 0 Å². The number of rotatable bonds is 2. The minimum atomic E-state index is -0.184. The molecular formula is C14H17N3. The Balaban J connectivity index is 2.01. The maximum atomic E-state index is 6.13. The zero-order valence-electron chi connectivity index (χ0n) is 10.2. The van der Waals surface area contributed by atoms with E-state index in [1.54, 1.807) is 0 Å². The van der Waals surface area contributed by atoms with Crippen LogP contribution in [0.4, 0.5) is 0 Å². The van der Waals surface area contributed by atoms with E-state index in [1.165, 1.54) is 16.7 Å². The monoisotopic (exact) mass is 227 g/mol. The van der Waals surface area contributed by atoms with Crippen molar-refractivity contribution in [2.75, 3.05) is 0 Å². The molecule has 17 heavy (non-hydrogen) atoms. The molecule has 3 nitrogen and oxygen atoms in total. The van der Waals surface area contributed by atoms with Crippen LogP contribution in [0.5, 0.6) is 0 Å². The minimum Gasteiger partial charge on any atom is -0.340 e. The number of aromatic amines is 1. The van der Waals surface area contributed by atoms with Crippen LogP contribution in [0.25, 0.3) is 11.3 Å². The zero-order valence-corrected chi connectivity index (χ0v) is 10.2. The smallest absolute Gasteiger partial charge is 0.126 e. The number of nitrogens with zero attached hydrogens (tertiary/aromatic N) is 1. The lowest BCUT2D eigenvalue weighted by Crippen LogP contribution is -2.20. The molecule has 88 valence electrons. The van der Waals surface area contributed by atoms with Gasteiger partial charge in [-0.25, -0.2) is 4.98 Å². The van der Waals surface area contributed by atoms with E-state index < -0.39 is 0 Å². The summed E-state index contributed by atoms with van der Waals surface area (Å²) in [7, 11) is 0. The molecule has 3 N–H and O–H groups in total. The summed E-state index contributed by atoms with van der Waals surface area (Å²) >= 11 is 0. The van der Waals surface area contributed by atoms with Gasteiger partial charge in [0.05, 0.1) is 17.4 Å². The molecule has 1 aromatic carbocycles. The normalized spacial score (nSPS) is 17.1. The van der Waals surface area contributed by atoms with Crippen LogP contribution in [-0.2, 0) is 5.54 Å². The third kappa shape index (κ3) is 1.76. The van der Waals surface area contributed by atoms with Gasteiger partial charge in [-0.3, -0.25) is 0 Å². The number of imidazole rings is 1. The van der Waals surface area contributed by atoms with Crippen LogP contribution >= 0.6 is 0 Å². The first-order valence-electron chi connectivity index (χ1n) is 6.00. The van der Waals surface area contributed by atoms with E-state index in [4.69, 9.17) is 5.73 Å². The van der Waals surface area contributed by atoms with Crippen LogP contribution in [0, 0.1) is 13.8 Å². The van der Waals surface area contributed by atoms with Gasteiger partial charge in [-0.1, -0.05) is 23.8 Å². The standard InChI is InChI=1S/C14H17N3/c1-9-3-4-11(10(2)7-9)12-8-16-13(17-12)14(15)5-6-14/h3-4,7-8H,5-6,15H2,1-2H3,(H,16,17). The van der Waals surface area contributed by atoms with Gasteiger partial charge in [0.15, 0.2) is 0 Å². The Labute approximate surface area is 101 Å². The molecule has 0 bridgehead atoms. The molecule has 2 aromatic rings. The molecule has 1 aliphatic carbocycles. The zero-order chi connectivity index (χ0) is 12.0. The number of aryl methyl sites for hydroxylation is 2. The minimum absolute atomic E-state index is 0.184. The first kappa shape index (κ1) is 10.5. The van der Waals surface area contributed by atoms with Crippen molar-refractivity contribution in [1.82, 2.24) is 9.97 Å². The fourth-order valence-electron chi connectivity index (χ4n) is 2.20. The van der Waals surface area contributed by atoms with E-state index in [1.807, 2.05) is 6.20 Å². The van der Waals surface area contributed by atoms with Crippen molar-refractivity contribution < 1.29 is 0 Å². The Morgan fingerprint density at radius 1 is 1.29 bits per heavy atom. The third-order valence-electron chi connectivity index (χ3n) is 3.51. The van der Waals surface area contributed by atoms with Gasteiger partial charge in [-0.2, -0.15) is 0 Å². The second-order valence-electron chi connectivity index (χ2n) is 5.12. The van der Waals surface area contributed by atoms with Crippen molar-refractivity contribution in [2.45, 2.75) is 32.2 Å². The molecule has 1 heterocycles. The predicted octanol–water partition coefficient (Wildman–Crippen LogP) is 2.64. The molecule has 1 fully saturated rings.